The van der Waals surface area contributed by atoms with Gasteiger partial charge in [0, 0.05) is 25.4 Å². The first-order valence-corrected chi connectivity index (χ1v) is 10.5. The molecule has 2 aromatic rings. The van der Waals surface area contributed by atoms with E-state index in [9.17, 15) is 13.5 Å². The van der Waals surface area contributed by atoms with E-state index in [2.05, 4.69) is 20.2 Å². The van der Waals surface area contributed by atoms with E-state index in [4.69, 9.17) is 0 Å². The lowest BCUT2D eigenvalue weighted by atomic mass is 10.0. The fraction of sp³-hybridized carbons (Fsp3) is 0.444. The van der Waals surface area contributed by atoms with E-state index in [-0.39, 0.29) is 16.7 Å². The number of hydrogen-bond acceptors (Lipinski definition) is 7. The van der Waals surface area contributed by atoms with Crippen LogP contribution in [0.15, 0.2) is 35.4 Å². The van der Waals surface area contributed by atoms with Gasteiger partial charge in [0.2, 0.25) is 0 Å². The summed E-state index contributed by atoms with van der Waals surface area (Å²) in [4.78, 5) is 10.7. The number of nitrogens with zero attached hydrogens (tertiary/aromatic N) is 3. The lowest BCUT2D eigenvalue weighted by Crippen LogP contribution is -2.42. The molecule has 0 amide bonds. The number of phenolic OH excluding ortho intramolecular Hbond substituents is 1. The Morgan fingerprint density at radius 2 is 2.19 bits per heavy atom. The second-order valence-corrected chi connectivity index (χ2v) is 8.77. The van der Waals surface area contributed by atoms with Gasteiger partial charge in [-0.25, -0.2) is 18.4 Å². The van der Waals surface area contributed by atoms with Crippen LogP contribution >= 0.6 is 0 Å². The van der Waals surface area contributed by atoms with Crippen molar-refractivity contribution in [2.24, 2.45) is 0 Å². The van der Waals surface area contributed by atoms with Crippen LogP contribution in [0.5, 0.6) is 5.75 Å². The summed E-state index contributed by atoms with van der Waals surface area (Å²) in [5, 5.41) is 12.9. The lowest BCUT2D eigenvalue weighted by Gasteiger charge is -2.33. The first kappa shape index (κ1) is 18.6. The van der Waals surface area contributed by atoms with E-state index in [1.54, 1.807) is 19.1 Å². The summed E-state index contributed by atoms with van der Waals surface area (Å²) in [6.07, 6.45) is 4.49. The van der Waals surface area contributed by atoms with Gasteiger partial charge in [-0.1, -0.05) is 12.1 Å². The Hall–Kier alpha value is -2.19. The molecule has 0 bridgehead atoms. The summed E-state index contributed by atoms with van der Waals surface area (Å²) >= 11 is 0. The topological polar surface area (TPSA) is 95.4 Å². The molecular weight excluding hydrogens is 352 g/mol. The largest absolute Gasteiger partial charge is 0.508 e. The fourth-order valence-electron chi connectivity index (χ4n) is 3.26. The Labute approximate surface area is 154 Å². The van der Waals surface area contributed by atoms with Crippen molar-refractivity contribution >= 4 is 15.7 Å². The molecule has 0 aliphatic carbocycles. The highest BCUT2D eigenvalue weighted by atomic mass is 32.2. The molecule has 26 heavy (non-hydrogen) atoms. The van der Waals surface area contributed by atoms with Crippen molar-refractivity contribution in [1.29, 1.82) is 0 Å². The molecule has 1 fully saturated rings. The van der Waals surface area contributed by atoms with Crippen molar-refractivity contribution in [3.05, 3.63) is 41.9 Å². The first-order valence-electron chi connectivity index (χ1n) is 8.62. The van der Waals surface area contributed by atoms with Crippen LogP contribution in [0.4, 0.5) is 5.82 Å². The number of aromatic hydroxyl groups is 1. The first-order chi connectivity index (χ1) is 12.3. The van der Waals surface area contributed by atoms with Gasteiger partial charge in [-0.2, -0.15) is 0 Å². The molecule has 1 unspecified atom stereocenters. The smallest absolute Gasteiger partial charge is 0.180 e. The second kappa shape index (κ2) is 7.59. The molecular formula is C18H24N4O3S. The van der Waals surface area contributed by atoms with Crippen molar-refractivity contribution in [3.63, 3.8) is 0 Å². The van der Waals surface area contributed by atoms with Crippen LogP contribution in [0.1, 0.15) is 24.2 Å². The van der Waals surface area contributed by atoms with Crippen molar-refractivity contribution < 1.29 is 13.5 Å². The molecule has 1 aromatic carbocycles. The zero-order valence-corrected chi connectivity index (χ0v) is 15.8. The molecule has 2 heterocycles. The van der Waals surface area contributed by atoms with Gasteiger partial charge in [0.25, 0.3) is 0 Å². The number of piperidine rings is 1. The molecule has 1 aromatic heterocycles. The zero-order valence-electron chi connectivity index (χ0n) is 15.0. The minimum Gasteiger partial charge on any atom is -0.508 e. The third kappa shape index (κ3) is 4.70. The molecule has 2 N–H and O–H groups in total. The minimum absolute atomic E-state index is 0.107. The van der Waals surface area contributed by atoms with Gasteiger partial charge in [-0.05, 0) is 44.0 Å². The van der Waals surface area contributed by atoms with E-state index in [1.165, 1.54) is 12.5 Å². The van der Waals surface area contributed by atoms with Crippen LogP contribution in [0.2, 0.25) is 0 Å². The molecule has 0 radical (unpaired) electrons. The number of sulfone groups is 1. The Bertz CT molecular complexity index is 886. The summed E-state index contributed by atoms with van der Waals surface area (Å²) in [5.74, 6) is 1.18. The molecule has 0 saturated carbocycles. The number of rotatable bonds is 5. The maximum atomic E-state index is 12.0. The average Bonchev–Trinajstić information content (AvgIpc) is 2.54. The zero-order chi connectivity index (χ0) is 18.7. The number of phenols is 1. The number of aryl methyl sites for hydroxylation is 1. The molecule has 1 atom stereocenters. The van der Waals surface area contributed by atoms with E-state index >= 15 is 0 Å². The van der Waals surface area contributed by atoms with Gasteiger partial charge in [0.1, 0.15) is 22.3 Å². The highest BCUT2D eigenvalue weighted by molar-refractivity contribution is 7.90. The van der Waals surface area contributed by atoms with E-state index in [0.717, 1.165) is 38.0 Å². The van der Waals surface area contributed by atoms with Gasteiger partial charge in [-0.15, -0.1) is 0 Å². The van der Waals surface area contributed by atoms with Gasteiger partial charge in [-0.3, -0.25) is 4.90 Å². The normalized spacial score (nSPS) is 18.6. The molecule has 8 heteroatoms. The van der Waals surface area contributed by atoms with E-state index < -0.39 is 9.84 Å². The van der Waals surface area contributed by atoms with Gasteiger partial charge >= 0.3 is 0 Å². The predicted molar refractivity (Wildman–Crippen MR) is 99.9 cm³/mol. The van der Waals surface area contributed by atoms with Crippen LogP contribution in [0.25, 0.3) is 0 Å². The molecule has 3 rings (SSSR count). The lowest BCUT2D eigenvalue weighted by molar-refractivity contribution is 0.208. The Morgan fingerprint density at radius 1 is 1.38 bits per heavy atom. The minimum atomic E-state index is -3.40. The quantitative estimate of drug-likeness (QED) is 0.824. The standard InChI is InChI=1S/C18H24N4O3S/c1-13-19-10-17(26(2,24)25)18(20-13)21-15-6-4-8-22(12-15)11-14-5-3-7-16(23)9-14/h3,5,7,9-10,15,23H,4,6,8,11-12H2,1-2H3,(H,19,20,21). The van der Waals surface area contributed by atoms with Crippen molar-refractivity contribution in [2.75, 3.05) is 24.7 Å². The second-order valence-electron chi connectivity index (χ2n) is 6.79. The summed E-state index contributed by atoms with van der Waals surface area (Å²) in [7, 11) is -3.40. The van der Waals surface area contributed by atoms with Gasteiger partial charge in [0.05, 0.1) is 6.20 Å². The highest BCUT2D eigenvalue weighted by Crippen LogP contribution is 2.22. The maximum absolute atomic E-state index is 12.0. The van der Waals surface area contributed by atoms with E-state index in [1.807, 2.05) is 12.1 Å². The monoisotopic (exact) mass is 376 g/mol. The third-order valence-corrected chi connectivity index (χ3v) is 5.54. The summed E-state index contributed by atoms with van der Waals surface area (Å²) in [5.41, 5.74) is 1.06. The summed E-state index contributed by atoms with van der Waals surface area (Å²) in [6, 6.07) is 7.37. The predicted octanol–water partition coefficient (Wildman–Crippen LogP) is 1.97. The van der Waals surface area contributed by atoms with Crippen LogP contribution in [0, 0.1) is 6.92 Å². The van der Waals surface area contributed by atoms with E-state index in [0.29, 0.717) is 11.6 Å². The van der Waals surface area contributed by atoms with Crippen molar-refractivity contribution in [3.8, 4) is 5.75 Å². The maximum Gasteiger partial charge on any atom is 0.180 e. The van der Waals surface area contributed by atoms with Crippen LogP contribution in [0.3, 0.4) is 0 Å². The number of hydrogen-bond donors (Lipinski definition) is 2. The van der Waals surface area contributed by atoms with Crippen molar-refractivity contribution in [1.82, 2.24) is 14.9 Å². The Morgan fingerprint density at radius 3 is 2.92 bits per heavy atom. The molecule has 1 saturated heterocycles. The number of anilines is 1. The molecule has 1 aliphatic rings. The average molecular weight is 376 g/mol. The van der Waals surface area contributed by atoms with Crippen LogP contribution in [-0.2, 0) is 16.4 Å². The Kier molecular flexibility index (Phi) is 5.43. The van der Waals surface area contributed by atoms with Crippen LogP contribution in [-0.4, -0.2) is 53.8 Å². The number of nitrogens with one attached hydrogen (secondary N) is 1. The van der Waals surface area contributed by atoms with Crippen molar-refractivity contribution in [2.45, 2.75) is 37.2 Å². The molecule has 140 valence electrons. The van der Waals surface area contributed by atoms with Crippen LogP contribution < -0.4 is 5.32 Å². The number of benzene rings is 1. The van der Waals surface area contributed by atoms with Gasteiger partial charge in [0.15, 0.2) is 9.84 Å². The molecule has 0 spiro atoms. The Balaban J connectivity index is 1.72. The fourth-order valence-corrected chi connectivity index (χ4v) is 3.96. The highest BCUT2D eigenvalue weighted by Gasteiger charge is 2.23. The number of likely N-dealkylation sites (tertiary alicyclic amines) is 1. The third-order valence-electron chi connectivity index (χ3n) is 4.44. The molecule has 1 aliphatic heterocycles. The van der Waals surface area contributed by atoms with Gasteiger partial charge < -0.3 is 10.4 Å². The molecule has 7 nitrogen and oxygen atoms in total. The summed E-state index contributed by atoms with van der Waals surface area (Å²) in [6.45, 7) is 4.23. The summed E-state index contributed by atoms with van der Waals surface area (Å²) < 4.78 is 24.0. The number of aromatic nitrogens is 2. The SMILES string of the molecule is Cc1ncc(S(C)(=O)=O)c(NC2CCCN(Cc3cccc(O)c3)C2)n1.